The molecule has 1 aromatic rings. The summed E-state index contributed by atoms with van der Waals surface area (Å²) < 4.78 is 0. The smallest absolute Gasteiger partial charge is 0.327 e. The van der Waals surface area contributed by atoms with Crippen LogP contribution < -0.4 is 16.2 Å². The van der Waals surface area contributed by atoms with E-state index in [1.54, 1.807) is 11.3 Å². The molecule has 3 N–H and O–H groups in total. The molecule has 3 amide bonds. The molecular formula is C13H17N3O3S. The van der Waals surface area contributed by atoms with Crippen LogP contribution in [0.15, 0.2) is 17.5 Å². The lowest BCUT2D eigenvalue weighted by molar-refractivity contribution is -0.141. The molecule has 1 heterocycles. The van der Waals surface area contributed by atoms with Gasteiger partial charge in [0.05, 0.1) is 0 Å². The largest absolute Gasteiger partial charge is 0.345 e. The molecule has 1 fully saturated rings. The van der Waals surface area contributed by atoms with E-state index < -0.39 is 11.8 Å². The Balaban J connectivity index is 1.56. The lowest BCUT2D eigenvalue weighted by Gasteiger charge is -2.07. The first-order valence-electron chi connectivity index (χ1n) is 6.57. The van der Waals surface area contributed by atoms with Crippen LogP contribution in [0, 0.1) is 0 Å². The zero-order chi connectivity index (χ0) is 14.4. The molecule has 2 rings (SSSR count). The van der Waals surface area contributed by atoms with Crippen molar-refractivity contribution in [3.05, 3.63) is 22.4 Å². The van der Waals surface area contributed by atoms with E-state index in [2.05, 4.69) is 16.2 Å². The lowest BCUT2D eigenvalue weighted by atomic mass is 10.2. The summed E-state index contributed by atoms with van der Waals surface area (Å²) in [6, 6.07) is 4.11. The summed E-state index contributed by atoms with van der Waals surface area (Å²) in [5.41, 5.74) is 4.35. The topological polar surface area (TPSA) is 87.3 Å². The Morgan fingerprint density at radius 1 is 1.20 bits per heavy atom. The van der Waals surface area contributed by atoms with Gasteiger partial charge in [-0.25, -0.2) is 0 Å². The SMILES string of the molecule is O=C(CCCc1cccs1)NNC(=O)C(=O)NC1CC1. The molecule has 0 atom stereocenters. The number of nitrogens with one attached hydrogen (secondary N) is 3. The normalized spacial score (nSPS) is 13.6. The summed E-state index contributed by atoms with van der Waals surface area (Å²) in [6.45, 7) is 0. The number of rotatable bonds is 5. The Labute approximate surface area is 120 Å². The van der Waals surface area contributed by atoms with Crippen LogP contribution in [-0.2, 0) is 20.8 Å². The van der Waals surface area contributed by atoms with Gasteiger partial charge < -0.3 is 5.32 Å². The summed E-state index contributed by atoms with van der Waals surface area (Å²) in [5.74, 6) is -1.83. The van der Waals surface area contributed by atoms with E-state index in [9.17, 15) is 14.4 Å². The number of hydrazine groups is 1. The second-order valence-electron chi connectivity index (χ2n) is 4.68. The van der Waals surface area contributed by atoms with Crippen molar-refractivity contribution in [2.45, 2.75) is 38.1 Å². The number of carbonyl (C=O) groups excluding carboxylic acids is 3. The molecule has 0 unspecified atom stereocenters. The minimum Gasteiger partial charge on any atom is -0.345 e. The maximum absolute atomic E-state index is 11.5. The number of amides is 3. The molecule has 1 aromatic heterocycles. The Morgan fingerprint density at radius 3 is 2.65 bits per heavy atom. The molecule has 7 heteroatoms. The highest BCUT2D eigenvalue weighted by atomic mass is 32.1. The van der Waals surface area contributed by atoms with Gasteiger partial charge in [-0.05, 0) is 37.1 Å². The van der Waals surface area contributed by atoms with E-state index in [-0.39, 0.29) is 11.9 Å². The van der Waals surface area contributed by atoms with Gasteiger partial charge in [-0.3, -0.25) is 25.2 Å². The van der Waals surface area contributed by atoms with Gasteiger partial charge in [-0.1, -0.05) is 6.07 Å². The van der Waals surface area contributed by atoms with Crippen molar-refractivity contribution >= 4 is 29.1 Å². The third-order valence-electron chi connectivity index (χ3n) is 2.84. The van der Waals surface area contributed by atoms with Crippen molar-refractivity contribution < 1.29 is 14.4 Å². The van der Waals surface area contributed by atoms with Crippen molar-refractivity contribution in [1.29, 1.82) is 0 Å². The fraction of sp³-hybridized carbons (Fsp3) is 0.462. The van der Waals surface area contributed by atoms with E-state index in [1.165, 1.54) is 4.88 Å². The van der Waals surface area contributed by atoms with Crippen molar-refractivity contribution in [2.24, 2.45) is 0 Å². The molecule has 0 bridgehead atoms. The van der Waals surface area contributed by atoms with Crippen LogP contribution in [0.4, 0.5) is 0 Å². The fourth-order valence-electron chi connectivity index (χ4n) is 1.60. The van der Waals surface area contributed by atoms with E-state index in [1.807, 2.05) is 17.5 Å². The van der Waals surface area contributed by atoms with Gasteiger partial charge in [-0.2, -0.15) is 0 Å². The van der Waals surface area contributed by atoms with Gasteiger partial charge in [0.15, 0.2) is 0 Å². The minimum atomic E-state index is -0.830. The monoisotopic (exact) mass is 295 g/mol. The highest BCUT2D eigenvalue weighted by Crippen LogP contribution is 2.18. The molecule has 1 aliphatic carbocycles. The predicted octanol–water partition coefficient (Wildman–Crippen LogP) is 0.497. The highest BCUT2D eigenvalue weighted by molar-refractivity contribution is 7.09. The minimum absolute atomic E-state index is 0.120. The predicted molar refractivity (Wildman–Crippen MR) is 74.7 cm³/mol. The van der Waals surface area contributed by atoms with E-state index in [0.29, 0.717) is 12.8 Å². The first-order chi connectivity index (χ1) is 9.65. The molecule has 108 valence electrons. The third kappa shape index (κ3) is 5.00. The highest BCUT2D eigenvalue weighted by Gasteiger charge is 2.26. The fourth-order valence-corrected chi connectivity index (χ4v) is 2.35. The van der Waals surface area contributed by atoms with Gasteiger partial charge in [0, 0.05) is 17.3 Å². The molecule has 0 aromatic carbocycles. The Morgan fingerprint density at radius 2 is 2.00 bits per heavy atom. The number of hydrogen-bond acceptors (Lipinski definition) is 4. The second kappa shape index (κ2) is 7.04. The van der Waals surface area contributed by atoms with Gasteiger partial charge in [0.2, 0.25) is 5.91 Å². The molecule has 0 saturated heterocycles. The molecule has 0 radical (unpaired) electrons. The van der Waals surface area contributed by atoms with Crippen LogP contribution in [0.2, 0.25) is 0 Å². The zero-order valence-electron chi connectivity index (χ0n) is 11.0. The summed E-state index contributed by atoms with van der Waals surface area (Å²) in [7, 11) is 0. The molecule has 0 aliphatic heterocycles. The van der Waals surface area contributed by atoms with E-state index >= 15 is 0 Å². The average molecular weight is 295 g/mol. The quantitative estimate of drug-likeness (QED) is 0.546. The molecule has 0 spiro atoms. The maximum atomic E-state index is 11.5. The molecular weight excluding hydrogens is 278 g/mol. The third-order valence-corrected chi connectivity index (χ3v) is 3.78. The molecule has 6 nitrogen and oxygen atoms in total. The Kier molecular flexibility index (Phi) is 5.11. The van der Waals surface area contributed by atoms with E-state index in [0.717, 1.165) is 19.3 Å². The van der Waals surface area contributed by atoms with Crippen molar-refractivity contribution in [1.82, 2.24) is 16.2 Å². The van der Waals surface area contributed by atoms with Crippen LogP contribution in [0.1, 0.15) is 30.6 Å². The number of aryl methyl sites for hydroxylation is 1. The molecule has 1 saturated carbocycles. The summed E-state index contributed by atoms with van der Waals surface area (Å²) in [4.78, 5) is 35.3. The van der Waals surface area contributed by atoms with E-state index in [4.69, 9.17) is 0 Å². The van der Waals surface area contributed by atoms with Crippen molar-refractivity contribution in [2.75, 3.05) is 0 Å². The van der Waals surface area contributed by atoms with Crippen LogP contribution in [0.5, 0.6) is 0 Å². The van der Waals surface area contributed by atoms with Crippen LogP contribution in [-0.4, -0.2) is 23.8 Å². The van der Waals surface area contributed by atoms with Crippen molar-refractivity contribution in [3.8, 4) is 0 Å². The van der Waals surface area contributed by atoms with Crippen LogP contribution in [0.25, 0.3) is 0 Å². The molecule has 20 heavy (non-hydrogen) atoms. The second-order valence-corrected chi connectivity index (χ2v) is 5.72. The van der Waals surface area contributed by atoms with Gasteiger partial charge in [0.25, 0.3) is 0 Å². The maximum Gasteiger partial charge on any atom is 0.327 e. The summed E-state index contributed by atoms with van der Waals surface area (Å²) >= 11 is 1.65. The van der Waals surface area contributed by atoms with Crippen molar-refractivity contribution in [3.63, 3.8) is 0 Å². The summed E-state index contributed by atoms with van der Waals surface area (Å²) in [5, 5.41) is 4.53. The number of carbonyl (C=O) groups is 3. The lowest BCUT2D eigenvalue weighted by Crippen LogP contribution is -2.48. The van der Waals surface area contributed by atoms with Gasteiger partial charge >= 0.3 is 11.8 Å². The van der Waals surface area contributed by atoms with Crippen LogP contribution in [0.3, 0.4) is 0 Å². The Bertz CT molecular complexity index is 483. The number of hydrogen-bond donors (Lipinski definition) is 3. The average Bonchev–Trinajstić information content (AvgIpc) is 3.09. The Hall–Kier alpha value is -1.89. The molecule has 1 aliphatic rings. The standard InChI is InChI=1S/C13H17N3O3S/c17-11(5-1-3-10-4-2-8-20-10)15-16-13(19)12(18)14-9-6-7-9/h2,4,8-9H,1,3,5-7H2,(H,14,18)(H,15,17)(H,16,19). The first kappa shape index (κ1) is 14.5. The number of thiophene rings is 1. The van der Waals surface area contributed by atoms with Gasteiger partial charge in [0.1, 0.15) is 0 Å². The van der Waals surface area contributed by atoms with Gasteiger partial charge in [-0.15, -0.1) is 11.3 Å². The van der Waals surface area contributed by atoms with Crippen LogP contribution >= 0.6 is 11.3 Å². The summed E-state index contributed by atoms with van der Waals surface area (Å²) in [6.07, 6.45) is 3.67. The zero-order valence-corrected chi connectivity index (χ0v) is 11.8. The first-order valence-corrected chi connectivity index (χ1v) is 7.45.